The molecule has 2 aliphatic rings. The van der Waals surface area contributed by atoms with Crippen LogP contribution in [0.4, 0.5) is 11.4 Å². The van der Waals surface area contributed by atoms with Crippen LogP contribution in [0.25, 0.3) is 0 Å². The highest BCUT2D eigenvalue weighted by atomic mass is 16.3. The molecule has 5 heteroatoms. The van der Waals surface area contributed by atoms with Gasteiger partial charge in [0.1, 0.15) is 6.23 Å². The Morgan fingerprint density at radius 1 is 1.24 bits per heavy atom. The van der Waals surface area contributed by atoms with Gasteiger partial charge in [0.05, 0.1) is 11.3 Å². The zero-order valence-corrected chi connectivity index (χ0v) is 12.5. The molecule has 3 rings (SSSR count). The quantitative estimate of drug-likeness (QED) is 0.887. The van der Waals surface area contributed by atoms with Crippen molar-refractivity contribution in [1.82, 2.24) is 0 Å². The fraction of sp³-hybridized carbons (Fsp3) is 0.562. The lowest BCUT2D eigenvalue weighted by molar-refractivity contribution is 0.100. The zero-order chi connectivity index (χ0) is 15.0. The van der Waals surface area contributed by atoms with E-state index in [-0.39, 0.29) is 5.91 Å². The monoisotopic (exact) mass is 289 g/mol. The average Bonchev–Trinajstić information content (AvgIpc) is 3.09. The number of carbonyl (C=O) groups is 1. The Balaban J connectivity index is 2.07. The number of aliphatic hydroxyl groups is 1. The molecule has 114 valence electrons. The summed E-state index contributed by atoms with van der Waals surface area (Å²) in [7, 11) is 0. The Hall–Kier alpha value is -1.75. The van der Waals surface area contributed by atoms with Crippen molar-refractivity contribution in [3.63, 3.8) is 0 Å². The number of anilines is 2. The van der Waals surface area contributed by atoms with Crippen molar-refractivity contribution in [3.8, 4) is 0 Å². The normalized spacial score (nSPS) is 22.1. The lowest BCUT2D eigenvalue weighted by Gasteiger charge is -2.29. The van der Waals surface area contributed by atoms with Gasteiger partial charge < -0.3 is 20.6 Å². The molecule has 0 radical (unpaired) electrons. The molecule has 21 heavy (non-hydrogen) atoms. The molecule has 2 heterocycles. The van der Waals surface area contributed by atoms with Gasteiger partial charge in [-0.15, -0.1) is 0 Å². The number of hydrogen-bond acceptors (Lipinski definition) is 4. The Labute approximate surface area is 125 Å². The lowest BCUT2D eigenvalue weighted by Crippen LogP contribution is -2.31. The molecule has 0 aromatic heterocycles. The highest BCUT2D eigenvalue weighted by Crippen LogP contribution is 2.37. The second-order valence-corrected chi connectivity index (χ2v) is 5.98. The van der Waals surface area contributed by atoms with Gasteiger partial charge >= 0.3 is 0 Å². The van der Waals surface area contributed by atoms with Crippen molar-refractivity contribution < 1.29 is 9.90 Å². The number of aliphatic hydroxyl groups excluding tert-OH is 1. The van der Waals surface area contributed by atoms with Gasteiger partial charge in [-0.25, -0.2) is 0 Å². The van der Waals surface area contributed by atoms with Crippen LogP contribution in [0.3, 0.4) is 0 Å². The van der Waals surface area contributed by atoms with Crippen molar-refractivity contribution in [1.29, 1.82) is 0 Å². The number of amides is 1. The summed E-state index contributed by atoms with van der Waals surface area (Å²) in [6.07, 6.45) is 3.67. The van der Waals surface area contributed by atoms with Crippen LogP contribution in [0, 0.1) is 6.92 Å². The molecule has 1 unspecified atom stereocenters. The standard InChI is InChI=1S/C16H23N3O2/c1-11-13(19-10-4-5-14(19)20)7-6-12(16(17)21)15(11)18-8-2-3-9-18/h6-7,14,20H,2-5,8-10H2,1H3,(H2,17,21). The third-order valence-electron chi connectivity index (χ3n) is 4.62. The number of benzene rings is 1. The topological polar surface area (TPSA) is 69.8 Å². The summed E-state index contributed by atoms with van der Waals surface area (Å²) in [6, 6.07) is 3.73. The predicted molar refractivity (Wildman–Crippen MR) is 83.7 cm³/mol. The fourth-order valence-corrected chi connectivity index (χ4v) is 3.58. The maximum absolute atomic E-state index is 11.8. The summed E-state index contributed by atoms with van der Waals surface area (Å²) in [5.41, 5.74) is 9.17. The van der Waals surface area contributed by atoms with Crippen LogP contribution in [0.1, 0.15) is 41.6 Å². The molecule has 2 fully saturated rings. The smallest absolute Gasteiger partial charge is 0.250 e. The van der Waals surface area contributed by atoms with Gasteiger partial charge in [0, 0.05) is 25.3 Å². The van der Waals surface area contributed by atoms with E-state index in [1.165, 1.54) is 0 Å². The molecule has 5 nitrogen and oxygen atoms in total. The number of nitrogens with zero attached hydrogens (tertiary/aromatic N) is 2. The fourth-order valence-electron chi connectivity index (χ4n) is 3.58. The van der Waals surface area contributed by atoms with E-state index in [1.54, 1.807) is 0 Å². The Morgan fingerprint density at radius 2 is 1.95 bits per heavy atom. The lowest BCUT2D eigenvalue weighted by atomic mass is 10.0. The Morgan fingerprint density at radius 3 is 2.52 bits per heavy atom. The summed E-state index contributed by atoms with van der Waals surface area (Å²) in [5, 5.41) is 10.1. The summed E-state index contributed by atoms with van der Waals surface area (Å²) in [4.78, 5) is 16.0. The molecular formula is C16H23N3O2. The molecule has 0 spiro atoms. The van der Waals surface area contributed by atoms with E-state index < -0.39 is 6.23 Å². The minimum Gasteiger partial charge on any atom is -0.374 e. The largest absolute Gasteiger partial charge is 0.374 e. The Bertz CT molecular complexity index is 553. The molecule has 0 aliphatic carbocycles. The van der Waals surface area contributed by atoms with Crippen molar-refractivity contribution in [2.75, 3.05) is 29.4 Å². The molecule has 1 aromatic carbocycles. The van der Waals surface area contributed by atoms with Crippen LogP contribution in [-0.2, 0) is 0 Å². The van der Waals surface area contributed by atoms with E-state index in [0.29, 0.717) is 5.56 Å². The van der Waals surface area contributed by atoms with Gasteiger partial charge in [0.25, 0.3) is 5.91 Å². The number of nitrogens with two attached hydrogens (primary N) is 1. The average molecular weight is 289 g/mol. The molecule has 3 N–H and O–H groups in total. The minimum absolute atomic E-state index is 0.381. The SMILES string of the molecule is Cc1c(N2CCCC2O)ccc(C(N)=O)c1N1CCCC1. The van der Waals surface area contributed by atoms with Crippen LogP contribution in [0.5, 0.6) is 0 Å². The summed E-state index contributed by atoms with van der Waals surface area (Å²) < 4.78 is 0. The summed E-state index contributed by atoms with van der Waals surface area (Å²) in [5.74, 6) is -0.381. The molecule has 1 aromatic rings. The minimum atomic E-state index is -0.422. The maximum Gasteiger partial charge on any atom is 0.250 e. The van der Waals surface area contributed by atoms with E-state index >= 15 is 0 Å². The predicted octanol–water partition coefficient (Wildman–Crippen LogP) is 1.61. The first-order valence-corrected chi connectivity index (χ1v) is 7.72. The first kappa shape index (κ1) is 14.2. The van der Waals surface area contributed by atoms with Crippen molar-refractivity contribution >= 4 is 17.3 Å². The highest BCUT2D eigenvalue weighted by Gasteiger charge is 2.28. The van der Waals surface area contributed by atoms with E-state index in [4.69, 9.17) is 5.73 Å². The molecule has 2 aliphatic heterocycles. The number of primary amides is 1. The Kier molecular flexibility index (Phi) is 3.76. The number of hydrogen-bond donors (Lipinski definition) is 2. The van der Waals surface area contributed by atoms with Crippen LogP contribution in [0.2, 0.25) is 0 Å². The highest BCUT2D eigenvalue weighted by molar-refractivity contribution is 6.00. The molecule has 0 bridgehead atoms. The second-order valence-electron chi connectivity index (χ2n) is 5.98. The van der Waals surface area contributed by atoms with Crippen molar-refractivity contribution in [3.05, 3.63) is 23.3 Å². The molecule has 1 atom stereocenters. The second kappa shape index (κ2) is 5.56. The van der Waals surface area contributed by atoms with Crippen LogP contribution in [0.15, 0.2) is 12.1 Å². The van der Waals surface area contributed by atoms with Crippen LogP contribution in [-0.4, -0.2) is 36.9 Å². The third kappa shape index (κ3) is 2.46. The van der Waals surface area contributed by atoms with E-state index in [9.17, 15) is 9.90 Å². The first-order chi connectivity index (χ1) is 10.1. The summed E-state index contributed by atoms with van der Waals surface area (Å²) >= 11 is 0. The molecule has 0 saturated carbocycles. The van der Waals surface area contributed by atoms with Crippen LogP contribution < -0.4 is 15.5 Å². The third-order valence-corrected chi connectivity index (χ3v) is 4.62. The van der Waals surface area contributed by atoms with E-state index in [2.05, 4.69) is 4.90 Å². The van der Waals surface area contributed by atoms with Crippen molar-refractivity contribution in [2.24, 2.45) is 5.73 Å². The van der Waals surface area contributed by atoms with Gasteiger partial charge in [0.15, 0.2) is 0 Å². The first-order valence-electron chi connectivity index (χ1n) is 7.72. The van der Waals surface area contributed by atoms with Crippen LogP contribution >= 0.6 is 0 Å². The zero-order valence-electron chi connectivity index (χ0n) is 12.5. The molecule has 2 saturated heterocycles. The van der Waals surface area contributed by atoms with E-state index in [0.717, 1.165) is 62.3 Å². The summed E-state index contributed by atoms with van der Waals surface area (Å²) in [6.45, 7) is 4.82. The van der Waals surface area contributed by atoms with Crippen molar-refractivity contribution in [2.45, 2.75) is 38.8 Å². The number of carbonyl (C=O) groups excluding carboxylic acids is 1. The molecule has 1 amide bonds. The molecular weight excluding hydrogens is 266 g/mol. The van der Waals surface area contributed by atoms with Gasteiger partial charge in [-0.05, 0) is 50.3 Å². The van der Waals surface area contributed by atoms with Gasteiger partial charge in [-0.3, -0.25) is 4.79 Å². The number of rotatable bonds is 3. The van der Waals surface area contributed by atoms with E-state index in [1.807, 2.05) is 24.0 Å². The van der Waals surface area contributed by atoms with Gasteiger partial charge in [-0.1, -0.05) is 0 Å². The van der Waals surface area contributed by atoms with Gasteiger partial charge in [0.2, 0.25) is 0 Å². The maximum atomic E-state index is 11.8. The van der Waals surface area contributed by atoms with Gasteiger partial charge in [-0.2, -0.15) is 0 Å².